The van der Waals surface area contributed by atoms with Crippen LogP contribution in [0.2, 0.25) is 0 Å². The molecule has 0 spiro atoms. The molecule has 10 heteroatoms. The van der Waals surface area contributed by atoms with Crippen LogP contribution >= 0.6 is 0 Å². The number of carbonyl (C=O) groups is 3. The summed E-state index contributed by atoms with van der Waals surface area (Å²) in [4.78, 5) is 53.7. The van der Waals surface area contributed by atoms with Crippen LogP contribution in [0.15, 0.2) is 23.0 Å². The molecule has 1 unspecified atom stereocenters. The molecule has 2 aromatic rings. The summed E-state index contributed by atoms with van der Waals surface area (Å²) >= 11 is 0. The van der Waals surface area contributed by atoms with Crippen molar-refractivity contribution in [1.29, 1.82) is 0 Å². The normalized spacial score (nSPS) is 21.3. The molecule has 3 aliphatic heterocycles. The van der Waals surface area contributed by atoms with Gasteiger partial charge < -0.3 is 14.5 Å². The molecule has 3 fully saturated rings. The molecule has 5 rings (SSSR count). The van der Waals surface area contributed by atoms with Crippen LogP contribution in [0.1, 0.15) is 58.1 Å². The van der Waals surface area contributed by atoms with Crippen LogP contribution in [0.3, 0.4) is 0 Å². The predicted octanol–water partition coefficient (Wildman–Crippen LogP) is 2.25. The van der Waals surface area contributed by atoms with E-state index in [0.29, 0.717) is 23.4 Å². The molecule has 4 heterocycles. The number of piperidine rings is 2. The van der Waals surface area contributed by atoms with Crippen molar-refractivity contribution in [2.45, 2.75) is 58.1 Å². The first kappa shape index (κ1) is 27.0. The van der Waals surface area contributed by atoms with Gasteiger partial charge >= 0.3 is 11.8 Å². The lowest BCUT2D eigenvalue weighted by atomic mass is 9.92. The number of likely N-dealkylation sites (tertiary alicyclic amines) is 2. The second kappa shape index (κ2) is 10.5. The second-order valence-electron chi connectivity index (χ2n) is 11.9. The number of hydrogen-bond acceptors (Lipinski definition) is 6. The third kappa shape index (κ3) is 5.74. The molecule has 3 amide bonds. The molecule has 0 bridgehead atoms. The third-order valence-corrected chi connectivity index (χ3v) is 7.78. The molecular weight excluding hydrogens is 498 g/mol. The summed E-state index contributed by atoms with van der Waals surface area (Å²) in [7, 11) is 1.69. The highest BCUT2D eigenvalue weighted by Gasteiger charge is 2.33. The van der Waals surface area contributed by atoms with Crippen molar-refractivity contribution in [3.63, 3.8) is 0 Å². The van der Waals surface area contributed by atoms with Gasteiger partial charge in [-0.3, -0.25) is 24.0 Å². The first-order valence-electron chi connectivity index (χ1n) is 13.8. The molecule has 0 saturated carbocycles. The standard InChI is InChI=1S/C29H37N5O5/c1-29(2,3)39-28(38)33-14-12-19(13-15-33)16-32-17-20(18-32)8-9-21-6-5-7-22-25(21)31(4)27(37)34(22)23-10-11-24(35)30-26(23)36/h5-7,19-20,23H,10-18H2,1-4H3,(H,30,35,36). The smallest absolute Gasteiger partial charge is 0.410 e. The fourth-order valence-electron chi connectivity index (χ4n) is 5.75. The number of fused-ring (bicyclic) bond motifs is 1. The van der Waals surface area contributed by atoms with Crippen LogP contribution in [-0.4, -0.2) is 75.2 Å². The molecule has 208 valence electrons. The first-order chi connectivity index (χ1) is 18.5. The van der Waals surface area contributed by atoms with E-state index in [-0.39, 0.29) is 30.0 Å². The van der Waals surface area contributed by atoms with Crippen molar-refractivity contribution in [3.05, 3.63) is 34.2 Å². The molecular formula is C29H37N5O5. The van der Waals surface area contributed by atoms with Gasteiger partial charge in [-0.25, -0.2) is 9.59 Å². The Labute approximate surface area is 228 Å². The maximum Gasteiger partial charge on any atom is 0.410 e. The Morgan fingerprint density at radius 2 is 1.82 bits per heavy atom. The molecule has 1 N–H and O–H groups in total. The van der Waals surface area contributed by atoms with E-state index in [0.717, 1.165) is 51.1 Å². The number of para-hydroxylation sites is 1. The molecule has 1 aromatic carbocycles. The third-order valence-electron chi connectivity index (χ3n) is 7.78. The summed E-state index contributed by atoms with van der Waals surface area (Å²) in [6.07, 6.45) is 2.25. The van der Waals surface area contributed by atoms with E-state index in [1.54, 1.807) is 11.6 Å². The van der Waals surface area contributed by atoms with Gasteiger partial charge in [-0.05, 0) is 58.1 Å². The summed E-state index contributed by atoms with van der Waals surface area (Å²) < 4.78 is 8.52. The highest BCUT2D eigenvalue weighted by Crippen LogP contribution is 2.26. The topological polar surface area (TPSA) is 106 Å². The number of carbonyl (C=O) groups excluding carboxylic acids is 3. The Bertz CT molecular complexity index is 1410. The Morgan fingerprint density at radius 3 is 2.49 bits per heavy atom. The largest absolute Gasteiger partial charge is 0.444 e. The number of rotatable bonds is 3. The van der Waals surface area contributed by atoms with Gasteiger partial charge in [-0.2, -0.15) is 0 Å². The van der Waals surface area contributed by atoms with Crippen LogP contribution in [0.25, 0.3) is 11.0 Å². The Morgan fingerprint density at radius 1 is 1.10 bits per heavy atom. The maximum absolute atomic E-state index is 13.1. The zero-order chi connectivity index (χ0) is 27.9. The zero-order valence-electron chi connectivity index (χ0n) is 23.2. The maximum atomic E-state index is 13.1. The lowest BCUT2D eigenvalue weighted by Gasteiger charge is -2.41. The van der Waals surface area contributed by atoms with Crippen LogP contribution < -0.4 is 11.0 Å². The summed E-state index contributed by atoms with van der Waals surface area (Å²) in [5.74, 6) is 6.74. The van der Waals surface area contributed by atoms with Gasteiger partial charge in [-0.15, -0.1) is 0 Å². The quantitative estimate of drug-likeness (QED) is 0.478. The van der Waals surface area contributed by atoms with E-state index in [9.17, 15) is 19.2 Å². The van der Waals surface area contributed by atoms with Crippen molar-refractivity contribution in [1.82, 2.24) is 24.3 Å². The number of nitrogens with zero attached hydrogens (tertiary/aromatic N) is 4. The molecule has 3 saturated heterocycles. The van der Waals surface area contributed by atoms with E-state index in [1.165, 1.54) is 4.57 Å². The number of aromatic nitrogens is 2. The average Bonchev–Trinajstić information content (AvgIpc) is 3.10. The van der Waals surface area contributed by atoms with E-state index in [4.69, 9.17) is 4.74 Å². The van der Waals surface area contributed by atoms with E-state index < -0.39 is 17.6 Å². The summed E-state index contributed by atoms with van der Waals surface area (Å²) in [6, 6.07) is 4.87. The molecule has 0 radical (unpaired) electrons. The van der Waals surface area contributed by atoms with Crippen molar-refractivity contribution in [2.75, 3.05) is 32.7 Å². The lowest BCUT2D eigenvalue weighted by Crippen LogP contribution is -2.50. The number of amides is 3. The number of hydrogen-bond donors (Lipinski definition) is 1. The van der Waals surface area contributed by atoms with Crippen LogP contribution in [-0.2, 0) is 21.4 Å². The van der Waals surface area contributed by atoms with Crippen molar-refractivity contribution < 1.29 is 19.1 Å². The molecule has 10 nitrogen and oxygen atoms in total. The van der Waals surface area contributed by atoms with Crippen LogP contribution in [0.5, 0.6) is 0 Å². The van der Waals surface area contributed by atoms with Crippen molar-refractivity contribution >= 4 is 28.9 Å². The van der Waals surface area contributed by atoms with Crippen molar-refractivity contribution in [2.24, 2.45) is 18.9 Å². The summed E-state index contributed by atoms with van der Waals surface area (Å²) in [6.45, 7) is 9.96. The fourth-order valence-corrected chi connectivity index (χ4v) is 5.75. The monoisotopic (exact) mass is 535 g/mol. The van der Waals surface area contributed by atoms with E-state index in [1.807, 2.05) is 43.9 Å². The summed E-state index contributed by atoms with van der Waals surface area (Å²) in [5, 5.41) is 2.34. The highest BCUT2D eigenvalue weighted by molar-refractivity contribution is 6.00. The predicted molar refractivity (Wildman–Crippen MR) is 146 cm³/mol. The Hall–Kier alpha value is -3.58. The van der Waals surface area contributed by atoms with E-state index in [2.05, 4.69) is 22.1 Å². The summed E-state index contributed by atoms with van der Waals surface area (Å²) in [5.41, 5.74) is 1.34. The number of aryl methyl sites for hydroxylation is 1. The van der Waals surface area contributed by atoms with Gasteiger partial charge in [0.05, 0.1) is 16.6 Å². The minimum atomic E-state index is -0.710. The van der Waals surface area contributed by atoms with E-state index >= 15 is 0 Å². The molecule has 3 aliphatic rings. The molecule has 1 aromatic heterocycles. The van der Waals surface area contributed by atoms with Gasteiger partial charge in [0.1, 0.15) is 11.6 Å². The first-order valence-corrected chi connectivity index (χ1v) is 13.8. The Kier molecular flexibility index (Phi) is 7.29. The second-order valence-corrected chi connectivity index (χ2v) is 11.9. The van der Waals surface area contributed by atoms with Crippen molar-refractivity contribution in [3.8, 4) is 11.8 Å². The number of benzene rings is 1. The highest BCUT2D eigenvalue weighted by atomic mass is 16.6. The van der Waals surface area contributed by atoms with Crippen LogP contribution in [0, 0.1) is 23.7 Å². The minimum Gasteiger partial charge on any atom is -0.444 e. The molecule has 39 heavy (non-hydrogen) atoms. The Balaban J connectivity index is 1.19. The zero-order valence-corrected chi connectivity index (χ0v) is 23.2. The van der Waals surface area contributed by atoms with Crippen LogP contribution in [0.4, 0.5) is 4.79 Å². The van der Waals surface area contributed by atoms with Gasteiger partial charge in [0.25, 0.3) is 0 Å². The van der Waals surface area contributed by atoms with Gasteiger partial charge in [0.15, 0.2) is 0 Å². The number of ether oxygens (including phenoxy) is 1. The minimum absolute atomic E-state index is 0.208. The average molecular weight is 536 g/mol. The van der Waals surface area contributed by atoms with Gasteiger partial charge in [0.2, 0.25) is 11.8 Å². The molecule has 1 atom stereocenters. The number of imide groups is 1. The SMILES string of the molecule is Cn1c(=O)n(C2CCC(=O)NC2=O)c2cccc(C#CC3CN(CC4CCN(C(=O)OC(C)(C)C)CC4)C3)c21. The molecule has 0 aliphatic carbocycles. The number of nitrogens with one attached hydrogen (secondary N) is 1. The fraction of sp³-hybridized carbons (Fsp3) is 0.586. The van der Waals surface area contributed by atoms with Gasteiger partial charge in [-0.1, -0.05) is 17.9 Å². The van der Waals surface area contributed by atoms with Gasteiger partial charge in [0, 0.05) is 52.1 Å². The lowest BCUT2D eigenvalue weighted by molar-refractivity contribution is -0.135. The number of imidazole rings is 1.